The molecule has 1 fully saturated rings. The van der Waals surface area contributed by atoms with Gasteiger partial charge in [0.15, 0.2) is 5.69 Å². The first-order valence-corrected chi connectivity index (χ1v) is 9.49. The third kappa shape index (κ3) is 3.91. The highest BCUT2D eigenvalue weighted by Gasteiger charge is 2.25. The molecule has 7 nitrogen and oxygen atoms in total. The van der Waals surface area contributed by atoms with Crippen LogP contribution in [0.2, 0.25) is 0 Å². The van der Waals surface area contributed by atoms with Crippen molar-refractivity contribution in [1.82, 2.24) is 25.5 Å². The Balaban J connectivity index is 1.28. The molecule has 0 bridgehead atoms. The van der Waals surface area contributed by atoms with Crippen LogP contribution in [0.1, 0.15) is 36.2 Å². The van der Waals surface area contributed by atoms with E-state index < -0.39 is 0 Å². The number of hydrogen-bond donors (Lipinski definition) is 2. The molecule has 1 amide bonds. The summed E-state index contributed by atoms with van der Waals surface area (Å²) < 4.78 is 5.84. The van der Waals surface area contributed by atoms with E-state index in [0.717, 1.165) is 36.3 Å². The standard InChI is InChI=1S/C18H19N5O2S/c24-18(15-10-14(22-23-15)16-2-1-9-26-16)21-12-3-5-13(6-4-12)25-17-11-19-7-8-20-17/h1-2,7-13H,3-6H2,(H,21,24)(H,22,23). The van der Waals surface area contributed by atoms with E-state index in [-0.39, 0.29) is 18.1 Å². The third-order valence-corrected chi connectivity index (χ3v) is 5.34. The molecule has 3 aromatic heterocycles. The zero-order chi connectivity index (χ0) is 17.8. The van der Waals surface area contributed by atoms with Crippen molar-refractivity contribution in [2.75, 3.05) is 0 Å². The van der Waals surface area contributed by atoms with Gasteiger partial charge in [-0.25, -0.2) is 4.98 Å². The van der Waals surface area contributed by atoms with Crippen molar-refractivity contribution in [3.05, 3.63) is 47.9 Å². The minimum atomic E-state index is -0.137. The molecule has 0 saturated heterocycles. The number of ether oxygens (including phenoxy) is 1. The molecule has 26 heavy (non-hydrogen) atoms. The first-order valence-electron chi connectivity index (χ1n) is 8.61. The van der Waals surface area contributed by atoms with Gasteiger partial charge in [0.1, 0.15) is 6.10 Å². The number of H-pyrrole nitrogens is 1. The number of rotatable bonds is 5. The number of aromatic amines is 1. The maximum Gasteiger partial charge on any atom is 0.272 e. The van der Waals surface area contributed by atoms with E-state index in [1.54, 1.807) is 36.0 Å². The fraction of sp³-hybridized carbons (Fsp3) is 0.333. The highest BCUT2D eigenvalue weighted by molar-refractivity contribution is 7.13. The van der Waals surface area contributed by atoms with Crippen LogP contribution in [0.4, 0.5) is 0 Å². The van der Waals surface area contributed by atoms with E-state index in [2.05, 4.69) is 25.5 Å². The molecule has 1 aliphatic rings. The lowest BCUT2D eigenvalue weighted by molar-refractivity contribution is 0.0885. The Morgan fingerprint density at radius 1 is 1.27 bits per heavy atom. The normalized spacial score (nSPS) is 19.8. The Kier molecular flexibility index (Phi) is 4.92. The molecule has 2 N–H and O–H groups in total. The molecule has 0 aromatic carbocycles. The maximum atomic E-state index is 12.4. The van der Waals surface area contributed by atoms with E-state index in [1.165, 1.54) is 0 Å². The molecule has 0 atom stereocenters. The molecule has 3 heterocycles. The fourth-order valence-electron chi connectivity index (χ4n) is 3.10. The largest absolute Gasteiger partial charge is 0.473 e. The van der Waals surface area contributed by atoms with Crippen LogP contribution < -0.4 is 10.1 Å². The second-order valence-corrected chi connectivity index (χ2v) is 7.20. The lowest BCUT2D eigenvalue weighted by Crippen LogP contribution is -2.39. The Morgan fingerprint density at radius 2 is 2.15 bits per heavy atom. The van der Waals surface area contributed by atoms with E-state index in [0.29, 0.717) is 11.6 Å². The van der Waals surface area contributed by atoms with Gasteiger partial charge < -0.3 is 10.1 Å². The van der Waals surface area contributed by atoms with Crippen LogP contribution in [0.3, 0.4) is 0 Å². The van der Waals surface area contributed by atoms with Gasteiger partial charge in [0.2, 0.25) is 5.88 Å². The Bertz CT molecular complexity index is 842. The SMILES string of the molecule is O=C(NC1CCC(Oc2cnccn2)CC1)c1cc(-c2cccs2)[nH]n1. The van der Waals surface area contributed by atoms with Gasteiger partial charge in [-0.2, -0.15) is 5.10 Å². The highest BCUT2D eigenvalue weighted by atomic mass is 32.1. The minimum Gasteiger partial charge on any atom is -0.473 e. The van der Waals surface area contributed by atoms with Crippen molar-refractivity contribution >= 4 is 17.2 Å². The molecule has 0 unspecified atom stereocenters. The van der Waals surface area contributed by atoms with Crippen molar-refractivity contribution in [2.24, 2.45) is 0 Å². The first kappa shape index (κ1) is 16.7. The number of carbonyl (C=O) groups excluding carboxylic acids is 1. The minimum absolute atomic E-state index is 0.121. The summed E-state index contributed by atoms with van der Waals surface area (Å²) in [6.45, 7) is 0. The molecule has 1 saturated carbocycles. The van der Waals surface area contributed by atoms with Gasteiger partial charge >= 0.3 is 0 Å². The van der Waals surface area contributed by atoms with E-state index in [1.807, 2.05) is 17.5 Å². The molecule has 1 aliphatic carbocycles. The summed E-state index contributed by atoms with van der Waals surface area (Å²) in [5.74, 6) is 0.417. The Hall–Kier alpha value is -2.74. The maximum absolute atomic E-state index is 12.4. The number of aromatic nitrogens is 4. The summed E-state index contributed by atoms with van der Waals surface area (Å²) in [6, 6.07) is 5.91. The van der Waals surface area contributed by atoms with Gasteiger partial charge in [0.05, 0.1) is 16.8 Å². The van der Waals surface area contributed by atoms with Gasteiger partial charge in [-0.15, -0.1) is 11.3 Å². The summed E-state index contributed by atoms with van der Waals surface area (Å²) in [6.07, 6.45) is 8.49. The smallest absolute Gasteiger partial charge is 0.272 e. The highest BCUT2D eigenvalue weighted by Crippen LogP contribution is 2.24. The second kappa shape index (κ2) is 7.65. The summed E-state index contributed by atoms with van der Waals surface area (Å²) in [5, 5.41) is 12.1. The van der Waals surface area contributed by atoms with Crippen molar-refractivity contribution in [3.63, 3.8) is 0 Å². The predicted octanol–water partition coefficient (Wildman–Crippen LogP) is 3.05. The summed E-state index contributed by atoms with van der Waals surface area (Å²) in [4.78, 5) is 21.6. The van der Waals surface area contributed by atoms with Crippen molar-refractivity contribution < 1.29 is 9.53 Å². The molecular weight excluding hydrogens is 350 g/mol. The zero-order valence-corrected chi connectivity index (χ0v) is 14.9. The topological polar surface area (TPSA) is 92.8 Å². The van der Waals surface area contributed by atoms with Crippen LogP contribution in [0, 0.1) is 0 Å². The molecule has 4 rings (SSSR count). The average molecular weight is 369 g/mol. The van der Waals surface area contributed by atoms with Crippen LogP contribution in [0.15, 0.2) is 42.2 Å². The fourth-order valence-corrected chi connectivity index (χ4v) is 3.79. The quantitative estimate of drug-likeness (QED) is 0.721. The van der Waals surface area contributed by atoms with Crippen LogP contribution in [-0.2, 0) is 0 Å². The average Bonchev–Trinajstić information content (AvgIpc) is 3.36. The molecule has 134 valence electrons. The van der Waals surface area contributed by atoms with Gasteiger partial charge in [-0.05, 0) is 43.2 Å². The van der Waals surface area contributed by atoms with Crippen LogP contribution in [-0.4, -0.2) is 38.2 Å². The van der Waals surface area contributed by atoms with Crippen LogP contribution in [0.25, 0.3) is 10.6 Å². The third-order valence-electron chi connectivity index (χ3n) is 4.43. The lowest BCUT2D eigenvalue weighted by Gasteiger charge is -2.28. The van der Waals surface area contributed by atoms with E-state index in [9.17, 15) is 4.79 Å². The predicted molar refractivity (Wildman–Crippen MR) is 98.1 cm³/mol. The zero-order valence-electron chi connectivity index (χ0n) is 14.1. The first-order chi connectivity index (χ1) is 12.8. The monoisotopic (exact) mass is 369 g/mol. The Morgan fingerprint density at radius 3 is 2.88 bits per heavy atom. The van der Waals surface area contributed by atoms with Gasteiger partial charge in [-0.1, -0.05) is 6.07 Å². The van der Waals surface area contributed by atoms with Gasteiger partial charge in [0, 0.05) is 18.4 Å². The van der Waals surface area contributed by atoms with E-state index in [4.69, 9.17) is 4.74 Å². The molecular formula is C18H19N5O2S. The van der Waals surface area contributed by atoms with Gasteiger partial charge in [-0.3, -0.25) is 14.9 Å². The van der Waals surface area contributed by atoms with Crippen molar-refractivity contribution in [2.45, 2.75) is 37.8 Å². The number of hydrogen-bond acceptors (Lipinski definition) is 6. The summed E-state index contributed by atoms with van der Waals surface area (Å²) in [5.41, 5.74) is 1.29. The van der Waals surface area contributed by atoms with Crippen LogP contribution >= 0.6 is 11.3 Å². The number of nitrogens with zero attached hydrogens (tertiary/aromatic N) is 3. The van der Waals surface area contributed by atoms with E-state index >= 15 is 0 Å². The number of amides is 1. The molecule has 0 spiro atoms. The van der Waals surface area contributed by atoms with Gasteiger partial charge in [0.25, 0.3) is 5.91 Å². The second-order valence-electron chi connectivity index (χ2n) is 6.25. The van der Waals surface area contributed by atoms with Crippen LogP contribution in [0.5, 0.6) is 5.88 Å². The molecule has 0 radical (unpaired) electrons. The van der Waals surface area contributed by atoms with Crippen molar-refractivity contribution in [3.8, 4) is 16.5 Å². The number of nitrogens with one attached hydrogen (secondary N) is 2. The lowest BCUT2D eigenvalue weighted by atomic mass is 9.93. The number of carbonyl (C=O) groups is 1. The molecule has 8 heteroatoms. The molecule has 0 aliphatic heterocycles. The summed E-state index contributed by atoms with van der Waals surface area (Å²) >= 11 is 1.61. The van der Waals surface area contributed by atoms with Crippen molar-refractivity contribution in [1.29, 1.82) is 0 Å². The molecule has 3 aromatic rings. The summed E-state index contributed by atoms with van der Waals surface area (Å²) in [7, 11) is 0. The number of thiophene rings is 1. The Labute approximate surface area is 154 Å².